The second-order valence-corrected chi connectivity index (χ2v) is 23.5. The van der Waals surface area contributed by atoms with Crippen LogP contribution in [-0.2, 0) is 24.2 Å². The van der Waals surface area contributed by atoms with Crippen LogP contribution in [0.2, 0.25) is 0 Å². The second kappa shape index (κ2) is 18.7. The number of H-pyrrole nitrogens is 1. The highest BCUT2D eigenvalue weighted by molar-refractivity contribution is 7.90. The molecule has 1 amide bonds. The number of nitrogens with one attached hydrogen (secondary N) is 3. The number of carbonyl (C=O) groups excluding carboxylic acids is 1. The van der Waals surface area contributed by atoms with Gasteiger partial charge in [0.1, 0.15) is 24.0 Å². The number of pyridine rings is 1. The van der Waals surface area contributed by atoms with Gasteiger partial charge < -0.3 is 43.8 Å². The summed E-state index contributed by atoms with van der Waals surface area (Å²) in [6, 6.07) is 21.3. The molecule has 3 aromatic carbocycles. The van der Waals surface area contributed by atoms with Crippen LogP contribution in [0.4, 0.5) is 28.4 Å². The van der Waals surface area contributed by atoms with Crippen LogP contribution in [0.5, 0.6) is 11.6 Å². The number of likely N-dealkylation sites (tertiary alicyclic amines) is 1. The highest BCUT2D eigenvalue weighted by Crippen LogP contribution is 2.55. The Morgan fingerprint density at radius 3 is 2.54 bits per heavy atom. The molecule has 5 saturated heterocycles. The minimum atomic E-state index is -4.72. The first-order valence-electron chi connectivity index (χ1n) is 26.3. The number of aryl methyl sites for hydroxylation is 1. The first-order valence-corrected chi connectivity index (χ1v) is 27.8. The highest BCUT2D eigenvalue weighted by atomic mass is 32.2. The standard InChI is InChI=1S/C54H63N9O10S/c1-32-6-3-4-7-39(32)42-8-5-16-60(42)36-24-54(25-36)13-17-59(18-14-54)35-9-10-40(44(21-35)62-43-12-19-69-31-49(43)73-53-46(62)20-34-11-15-55-51(34)57-53)52(64)58-74(67,68)38-22-45(63(65)66)50-47(23-38)72-30-41(56-50)48-26-61(33(2)27-71-48)37-28-70-29-37/h3-4,6-7,9-11,15,20-23,33,36-37,41-43,48-49,56H,5,8,12-14,16-19,24-31H2,1-2H3,(H,55,57)(H,58,64)/t33-,41+,42+,43-,48-,49+/m1/s1. The third-order valence-corrected chi connectivity index (χ3v) is 18.8. The Kier molecular flexibility index (Phi) is 12.0. The molecule has 1 spiro atoms. The van der Waals surface area contributed by atoms with Gasteiger partial charge in [0.15, 0.2) is 11.4 Å². The van der Waals surface area contributed by atoms with Crippen LogP contribution in [0.3, 0.4) is 0 Å². The molecule has 13 rings (SSSR count). The number of morpholine rings is 1. The zero-order valence-electron chi connectivity index (χ0n) is 41.7. The van der Waals surface area contributed by atoms with E-state index < -0.39 is 43.6 Å². The van der Waals surface area contributed by atoms with Crippen molar-refractivity contribution in [2.75, 3.05) is 80.9 Å². The molecule has 5 aromatic rings. The lowest BCUT2D eigenvalue weighted by atomic mass is 9.59. The first kappa shape index (κ1) is 47.7. The average Bonchev–Trinajstić information content (AvgIpc) is 4.06. The van der Waals surface area contributed by atoms with Crippen molar-refractivity contribution in [1.82, 2.24) is 24.5 Å². The fourth-order valence-corrected chi connectivity index (χ4v) is 14.3. The van der Waals surface area contributed by atoms with E-state index in [1.54, 1.807) is 6.07 Å². The largest absolute Gasteiger partial charge is 0.489 e. The van der Waals surface area contributed by atoms with Crippen molar-refractivity contribution >= 4 is 55.4 Å². The minimum Gasteiger partial charge on any atom is -0.489 e. The Morgan fingerprint density at radius 2 is 1.74 bits per heavy atom. The second-order valence-electron chi connectivity index (χ2n) is 21.9. The molecule has 19 nitrogen and oxygen atoms in total. The van der Waals surface area contributed by atoms with Crippen molar-refractivity contribution in [1.29, 1.82) is 0 Å². The number of piperidine rings is 1. The van der Waals surface area contributed by atoms with Crippen molar-refractivity contribution < 1.29 is 41.8 Å². The predicted molar refractivity (Wildman–Crippen MR) is 276 cm³/mol. The zero-order valence-corrected chi connectivity index (χ0v) is 42.6. The monoisotopic (exact) mass is 1030 g/mol. The van der Waals surface area contributed by atoms with Crippen LogP contribution in [0.1, 0.15) is 79.4 Å². The van der Waals surface area contributed by atoms with E-state index in [-0.39, 0.29) is 53.3 Å². The molecule has 390 valence electrons. The molecule has 6 atom stereocenters. The van der Waals surface area contributed by atoms with Crippen molar-refractivity contribution in [3.8, 4) is 11.6 Å². The average molecular weight is 1030 g/mol. The van der Waals surface area contributed by atoms with Gasteiger partial charge in [0.25, 0.3) is 21.6 Å². The summed E-state index contributed by atoms with van der Waals surface area (Å²) < 4.78 is 61.4. The number of carbonyl (C=O) groups is 1. The van der Waals surface area contributed by atoms with E-state index in [2.05, 4.69) is 72.7 Å². The van der Waals surface area contributed by atoms with Crippen molar-refractivity contribution in [3.63, 3.8) is 0 Å². The number of ether oxygens (including phenoxy) is 5. The predicted octanol–water partition coefficient (Wildman–Crippen LogP) is 6.83. The van der Waals surface area contributed by atoms with Crippen molar-refractivity contribution in [2.24, 2.45) is 5.41 Å². The third-order valence-electron chi connectivity index (χ3n) is 17.5. The summed E-state index contributed by atoms with van der Waals surface area (Å²) in [7, 11) is -4.72. The summed E-state index contributed by atoms with van der Waals surface area (Å²) in [6.07, 6.45) is 8.52. The Labute approximate surface area is 430 Å². The van der Waals surface area contributed by atoms with Crippen LogP contribution in [-0.4, -0.2) is 147 Å². The Bertz CT molecular complexity index is 3110. The van der Waals surface area contributed by atoms with Gasteiger partial charge in [-0.3, -0.25) is 24.7 Å². The topological polar surface area (TPSA) is 206 Å². The van der Waals surface area contributed by atoms with Gasteiger partial charge in [0.05, 0.1) is 71.7 Å². The van der Waals surface area contributed by atoms with Gasteiger partial charge in [-0.2, -0.15) is 4.98 Å². The maximum Gasteiger partial charge on any atom is 0.297 e. The molecule has 9 heterocycles. The molecule has 20 heteroatoms. The van der Waals surface area contributed by atoms with Crippen LogP contribution in [0, 0.1) is 22.5 Å². The van der Waals surface area contributed by atoms with Gasteiger partial charge in [0.2, 0.25) is 5.88 Å². The molecule has 1 aliphatic carbocycles. The van der Waals surface area contributed by atoms with E-state index in [1.807, 2.05) is 30.5 Å². The summed E-state index contributed by atoms with van der Waals surface area (Å²) in [5, 5.41) is 16.8. The molecule has 0 bridgehead atoms. The number of aromatic nitrogens is 2. The minimum absolute atomic E-state index is 0.0102. The number of benzene rings is 3. The molecule has 8 aliphatic rings. The van der Waals surface area contributed by atoms with Crippen LogP contribution in [0.25, 0.3) is 11.0 Å². The van der Waals surface area contributed by atoms with Crippen molar-refractivity contribution in [3.05, 3.63) is 99.7 Å². The van der Waals surface area contributed by atoms with Gasteiger partial charge in [0, 0.05) is 73.8 Å². The lowest BCUT2D eigenvalue weighted by Crippen LogP contribution is -2.62. The van der Waals surface area contributed by atoms with E-state index in [0.29, 0.717) is 81.0 Å². The van der Waals surface area contributed by atoms with Gasteiger partial charge >= 0.3 is 0 Å². The first-order chi connectivity index (χ1) is 35.9. The smallest absolute Gasteiger partial charge is 0.297 e. The number of nitrogens with zero attached hydrogens (tertiary/aromatic N) is 6. The Balaban J connectivity index is 0.785. The maximum absolute atomic E-state index is 14.9. The third kappa shape index (κ3) is 8.41. The lowest BCUT2D eigenvalue weighted by molar-refractivity contribution is -0.384. The number of nitro benzene ring substituents is 1. The van der Waals surface area contributed by atoms with E-state index in [4.69, 9.17) is 28.7 Å². The van der Waals surface area contributed by atoms with Crippen LogP contribution < -0.4 is 29.3 Å². The van der Waals surface area contributed by atoms with Gasteiger partial charge in [-0.1, -0.05) is 24.3 Å². The molecule has 0 unspecified atom stereocenters. The summed E-state index contributed by atoms with van der Waals surface area (Å²) in [4.78, 5) is 44.0. The molecule has 6 fully saturated rings. The molecule has 2 aromatic heterocycles. The number of sulfonamides is 1. The number of fused-ring (bicyclic) bond motifs is 4. The Morgan fingerprint density at radius 1 is 0.905 bits per heavy atom. The van der Waals surface area contributed by atoms with Gasteiger partial charge in [-0.15, -0.1) is 0 Å². The summed E-state index contributed by atoms with van der Waals surface area (Å²) in [5.74, 6) is -0.540. The van der Waals surface area contributed by atoms with Gasteiger partial charge in [-0.25, -0.2) is 13.1 Å². The quantitative estimate of drug-likeness (QED) is 0.0968. The number of aromatic amines is 1. The maximum atomic E-state index is 14.9. The number of hydrogen-bond acceptors (Lipinski definition) is 16. The van der Waals surface area contributed by atoms with Gasteiger partial charge in [-0.05, 0) is 112 Å². The van der Waals surface area contributed by atoms with E-state index in [0.717, 1.165) is 49.6 Å². The summed E-state index contributed by atoms with van der Waals surface area (Å²) in [6.45, 7) is 10.3. The summed E-state index contributed by atoms with van der Waals surface area (Å²) in [5.41, 5.74) is 5.47. The number of nitro groups is 1. The highest BCUT2D eigenvalue weighted by Gasteiger charge is 2.50. The number of anilines is 4. The molecule has 74 heavy (non-hydrogen) atoms. The van der Waals surface area contributed by atoms with Crippen LogP contribution in [0.15, 0.2) is 77.8 Å². The fraction of sp³-hybridized carbons (Fsp3) is 0.519. The van der Waals surface area contributed by atoms with Crippen molar-refractivity contribution in [2.45, 2.75) is 112 Å². The van der Waals surface area contributed by atoms with E-state index in [1.165, 1.54) is 42.9 Å². The van der Waals surface area contributed by atoms with E-state index in [9.17, 15) is 23.3 Å². The lowest BCUT2D eigenvalue weighted by Gasteiger charge is -2.56. The fourth-order valence-electron chi connectivity index (χ4n) is 13.3. The van der Waals surface area contributed by atoms with E-state index >= 15 is 0 Å². The molecule has 0 radical (unpaired) electrons. The molecule has 1 saturated carbocycles. The molecule has 7 aliphatic heterocycles. The molecular weight excluding hydrogens is 967 g/mol. The molecule has 3 N–H and O–H groups in total. The number of rotatable bonds is 10. The summed E-state index contributed by atoms with van der Waals surface area (Å²) >= 11 is 0. The normalized spacial score (nSPS) is 27.2. The number of hydrogen-bond donors (Lipinski definition) is 3. The Hall–Kier alpha value is -6.03. The molecular formula is C54H63N9O10S. The van der Waals surface area contributed by atoms with Crippen LogP contribution >= 0.6 is 0 Å². The number of amides is 1. The zero-order chi connectivity index (χ0) is 50.5. The SMILES string of the molecule is Cc1ccccc1[C@@H]1CCCN1C1CC2(CCN(c3ccc(C(=O)NS(=O)(=O)c4cc5c(c([N+](=O)[O-])c4)N[C@H]([C@H]4CN(C6COC6)[C@H](C)CO4)CO5)c(N4c5cc6cc[nH]c6nc5O[C@H]5COCC[C@H]54)c3)CC2)C1.